The van der Waals surface area contributed by atoms with Gasteiger partial charge in [-0.1, -0.05) is 60.7 Å². The fourth-order valence-corrected chi connectivity index (χ4v) is 16.8. The first-order valence-electron chi connectivity index (χ1n) is 49.3. The lowest BCUT2D eigenvalue weighted by Crippen LogP contribution is -2.36. The van der Waals surface area contributed by atoms with Gasteiger partial charge in [0.2, 0.25) is 0 Å². The lowest BCUT2D eigenvalue weighted by molar-refractivity contribution is -0.137. The Kier molecular flexibility index (Phi) is 46.7. The van der Waals surface area contributed by atoms with Gasteiger partial charge in [0.25, 0.3) is 29.5 Å². The van der Waals surface area contributed by atoms with Crippen LogP contribution in [0.5, 0.6) is 34.5 Å². The Bertz CT molecular complexity index is 6090. The summed E-state index contributed by atoms with van der Waals surface area (Å²) >= 11 is 0. The van der Waals surface area contributed by atoms with Crippen LogP contribution in [0.1, 0.15) is 173 Å². The third-order valence-electron chi connectivity index (χ3n) is 25.0. The predicted molar refractivity (Wildman–Crippen MR) is 552 cm³/mol. The molecule has 5 amide bonds. The SMILES string of the molecule is COc1cc(NC(=O)c2ccccc2F)c(C(=O)CCCN2CCOCC2)cc1OC.COc1cccc(C(=O)CCCN2CCOCC2)c1NC(=O)c1ccc(F)cc1.COc1cccc(C(=O)CCCN2CCOCC2)c1NC(=O)c1cccc(F)c1.COc1ccccc1C(=O)Nc1c(OC)cccc1C(=O)CCCN1CCOCC1.O=C(Nc1ccccc1C(=O)CCCN1CCOCC1)c1ccc(C(F)(F)F)cc1. The molecule has 0 atom stereocenters. The second-order valence-electron chi connectivity index (χ2n) is 34.9. The number of hydrogen-bond acceptors (Lipinski definition) is 26. The van der Waals surface area contributed by atoms with E-state index in [-0.39, 0.29) is 57.2 Å². The first kappa shape index (κ1) is 115. The number of methoxy groups -OCH3 is 6. The Labute approximate surface area is 862 Å². The molecule has 0 aromatic heterocycles. The highest BCUT2D eigenvalue weighted by Crippen LogP contribution is 2.38. The molecule has 5 N–H and O–H groups in total. The van der Waals surface area contributed by atoms with E-state index >= 15 is 0 Å². The van der Waals surface area contributed by atoms with Crippen LogP contribution in [-0.2, 0) is 29.9 Å². The lowest BCUT2D eigenvalue weighted by atomic mass is 10.0. The predicted octanol–water partition coefficient (Wildman–Crippen LogP) is 17.7. The van der Waals surface area contributed by atoms with Crippen LogP contribution in [0.25, 0.3) is 0 Å². The highest BCUT2D eigenvalue weighted by molar-refractivity contribution is 6.15. The molecule has 0 bridgehead atoms. The molecule has 794 valence electrons. The van der Waals surface area contributed by atoms with Gasteiger partial charge in [-0.25, -0.2) is 13.2 Å². The number of carbonyl (C=O) groups is 10. The maximum absolute atomic E-state index is 14.0. The maximum Gasteiger partial charge on any atom is 0.416 e. The van der Waals surface area contributed by atoms with Gasteiger partial charge in [-0.3, -0.25) is 72.4 Å². The topological polar surface area (TPSA) is 349 Å². The third kappa shape index (κ3) is 35.8. The molecule has 0 aliphatic carbocycles. The smallest absolute Gasteiger partial charge is 0.416 e. The molecule has 37 heteroatoms. The standard InChI is InChI=1S/C23H27FN2O5.C23H28N2O5.C22H23F3N2O3.2C22H25FN2O4/c1-29-21-14-17(20(27)8-5-9-26-10-12-31-13-11-26)19(15-22(21)30-2)25-23(28)16-6-3-4-7-18(16)24;1-28-20-10-4-3-7-18(20)23(27)24-22-17(8-5-11-21(22)29-2)19(26)9-6-12-25-13-15-30-16-14-25;23-22(24,25)17-9-7-16(8-10-17)21(29)26-19-5-2-1-4-18(19)20(28)6-3-11-27-12-14-30-15-13-27;1-28-20-9-3-7-18(19(26)8-4-10-25-11-13-29-14-12-25)21(20)24-22(27)16-5-2-6-17(23)15-16;1-28-20-6-2-4-18(19(26)5-3-11-25-12-14-29-15-13-25)21(20)24-22(27)16-7-9-17(23)10-8-16/h3-4,6-7,14-15H,5,8-13H2,1-2H3,(H,25,28);3-5,7-8,10-11H,6,9,12-16H2,1-2H3,(H,24,27);1-2,4-5,7-10H,3,6,11-15H2,(H,26,29);2-3,5-7,9,15H,4,8,10-14H2,1H3,(H,24,27);2,4,6-10H,3,5,11-15H2,1H3,(H,24,27). The van der Waals surface area contributed by atoms with Gasteiger partial charge in [0.15, 0.2) is 40.4 Å². The van der Waals surface area contributed by atoms with E-state index < -0.39 is 52.8 Å². The summed E-state index contributed by atoms with van der Waals surface area (Å²) in [4.78, 5) is 139. The van der Waals surface area contributed by atoms with Crippen LogP contribution in [0.2, 0.25) is 0 Å². The minimum Gasteiger partial charge on any atom is -0.496 e. The first-order valence-corrected chi connectivity index (χ1v) is 49.3. The van der Waals surface area contributed by atoms with Crippen LogP contribution in [0, 0.1) is 17.5 Å². The fraction of sp³-hybridized carbons (Fsp3) is 0.375. The van der Waals surface area contributed by atoms with Crippen molar-refractivity contribution in [2.24, 2.45) is 0 Å². The van der Waals surface area contributed by atoms with E-state index in [2.05, 4.69) is 51.1 Å². The molecule has 10 aromatic rings. The van der Waals surface area contributed by atoms with Crippen molar-refractivity contribution < 1.29 is 126 Å². The Balaban J connectivity index is 0.000000177. The molecule has 5 aliphatic heterocycles. The first-order chi connectivity index (χ1) is 72.2. The van der Waals surface area contributed by atoms with Crippen molar-refractivity contribution in [3.8, 4) is 34.5 Å². The summed E-state index contributed by atoms with van der Waals surface area (Å²) < 4.78 is 137. The van der Waals surface area contributed by atoms with E-state index in [0.717, 1.165) is 181 Å². The number of amides is 5. The van der Waals surface area contributed by atoms with E-state index in [1.165, 1.54) is 109 Å². The number of alkyl halides is 3. The van der Waals surface area contributed by atoms with Gasteiger partial charge in [-0.15, -0.1) is 0 Å². The average Bonchev–Trinajstić information content (AvgIpc) is 0.811. The fourth-order valence-electron chi connectivity index (χ4n) is 16.8. The highest BCUT2D eigenvalue weighted by Gasteiger charge is 2.32. The zero-order chi connectivity index (χ0) is 106. The highest BCUT2D eigenvalue weighted by atomic mass is 19.4. The van der Waals surface area contributed by atoms with E-state index in [0.29, 0.717) is 174 Å². The van der Waals surface area contributed by atoms with E-state index in [1.54, 1.807) is 115 Å². The number of ketones is 5. The van der Waals surface area contributed by atoms with Crippen LogP contribution in [0.15, 0.2) is 212 Å². The van der Waals surface area contributed by atoms with E-state index in [9.17, 15) is 74.3 Å². The Morgan fingerprint density at radius 3 is 0.960 bits per heavy atom. The quantitative estimate of drug-likeness (QED) is 0.0175. The molecule has 15 rings (SSSR count). The zero-order valence-electron chi connectivity index (χ0n) is 84.5. The van der Waals surface area contributed by atoms with Crippen molar-refractivity contribution in [3.05, 3.63) is 291 Å². The normalized spacial score (nSPS) is 14.4. The third-order valence-corrected chi connectivity index (χ3v) is 25.0. The van der Waals surface area contributed by atoms with Crippen LogP contribution >= 0.6 is 0 Å². The molecular weight excluding hydrogens is 1940 g/mol. The molecule has 5 aliphatic rings. The molecule has 0 saturated carbocycles. The summed E-state index contributed by atoms with van der Waals surface area (Å²) in [6.07, 6.45) is 0.840. The molecular formula is C112H128F6N10O21. The number of carbonyl (C=O) groups excluding carboxylic acids is 10. The second kappa shape index (κ2) is 60.4. The number of halogens is 6. The number of nitrogens with one attached hydrogen (secondary N) is 5. The maximum atomic E-state index is 14.0. The van der Waals surface area contributed by atoms with Crippen molar-refractivity contribution in [1.82, 2.24) is 24.5 Å². The number of para-hydroxylation sites is 5. The van der Waals surface area contributed by atoms with Gasteiger partial charge in [0.1, 0.15) is 40.4 Å². The molecule has 5 saturated heterocycles. The monoisotopic (exact) mass is 2060 g/mol. The molecule has 5 fully saturated rings. The summed E-state index contributed by atoms with van der Waals surface area (Å²) in [6.45, 7) is 20.0. The summed E-state index contributed by atoms with van der Waals surface area (Å²) in [5.74, 6) is -2.06. The largest absolute Gasteiger partial charge is 0.496 e. The molecule has 0 radical (unpaired) electrons. The Morgan fingerprint density at radius 1 is 0.268 bits per heavy atom. The van der Waals surface area contributed by atoms with Gasteiger partial charge in [0, 0.05) is 148 Å². The Morgan fingerprint density at radius 2 is 0.570 bits per heavy atom. The second-order valence-corrected chi connectivity index (χ2v) is 34.9. The summed E-state index contributed by atoms with van der Waals surface area (Å²) in [7, 11) is 8.92. The van der Waals surface area contributed by atoms with Crippen LogP contribution in [0.3, 0.4) is 0 Å². The summed E-state index contributed by atoms with van der Waals surface area (Å²) in [6, 6.07) is 52.2. The number of hydrogen-bond donors (Lipinski definition) is 5. The number of morpholine rings is 5. The number of rotatable bonds is 41. The van der Waals surface area contributed by atoms with Gasteiger partial charge < -0.3 is 78.7 Å². The van der Waals surface area contributed by atoms with Gasteiger partial charge in [0.05, 0.1) is 154 Å². The van der Waals surface area contributed by atoms with Crippen molar-refractivity contribution in [2.75, 3.05) is 233 Å². The van der Waals surface area contributed by atoms with Gasteiger partial charge in [-0.05, 0) is 210 Å². The van der Waals surface area contributed by atoms with Crippen molar-refractivity contribution in [3.63, 3.8) is 0 Å². The number of benzene rings is 10. The van der Waals surface area contributed by atoms with Crippen LogP contribution in [-0.4, -0.2) is 290 Å². The minimum absolute atomic E-state index is 0.0301. The van der Waals surface area contributed by atoms with Gasteiger partial charge >= 0.3 is 6.18 Å². The molecule has 0 spiro atoms. The van der Waals surface area contributed by atoms with Crippen molar-refractivity contribution in [2.45, 2.75) is 70.4 Å². The number of ether oxygens (including phenoxy) is 11. The molecule has 5 heterocycles. The number of nitrogens with zero attached hydrogens (tertiary/aromatic N) is 5. The molecule has 31 nitrogen and oxygen atoms in total. The van der Waals surface area contributed by atoms with E-state index in [4.69, 9.17) is 52.1 Å². The summed E-state index contributed by atoms with van der Waals surface area (Å²) in [5.41, 5.74) is 3.54. The van der Waals surface area contributed by atoms with Crippen molar-refractivity contribution in [1.29, 1.82) is 0 Å². The van der Waals surface area contributed by atoms with Crippen LogP contribution in [0.4, 0.5) is 54.8 Å². The molecule has 149 heavy (non-hydrogen) atoms. The summed E-state index contributed by atoms with van der Waals surface area (Å²) in [5, 5.41) is 13.6. The van der Waals surface area contributed by atoms with E-state index in [1.807, 2.05) is 0 Å². The average molecular weight is 2060 g/mol. The molecule has 0 unspecified atom stereocenters. The number of anilines is 5. The van der Waals surface area contributed by atoms with Crippen molar-refractivity contribution >= 4 is 86.9 Å². The zero-order valence-corrected chi connectivity index (χ0v) is 84.5. The number of Topliss-reactive ketones (excluding diaryl/α,β-unsaturated/α-hetero) is 5. The lowest BCUT2D eigenvalue weighted by Gasteiger charge is -2.26. The van der Waals surface area contributed by atoms with Gasteiger partial charge in [-0.2, -0.15) is 13.2 Å². The molecule has 10 aromatic carbocycles. The Hall–Kier alpha value is -14.1. The van der Waals surface area contributed by atoms with Crippen LogP contribution < -0.4 is 55.0 Å². The minimum atomic E-state index is -4.46.